The zero-order chi connectivity index (χ0) is 28.5. The number of rotatable bonds is 7. The molecule has 1 atom stereocenters. The molecule has 0 aliphatic carbocycles. The molecular weight excluding hydrogens is 565 g/mol. The molecule has 10 nitrogen and oxygen atoms in total. The van der Waals surface area contributed by atoms with Crippen LogP contribution in [0, 0.1) is 0 Å². The Hall–Kier alpha value is -4.80. The number of carbonyl (C=O) groups excluding carboxylic acids is 2. The zero-order valence-electron chi connectivity index (χ0n) is 21.3. The van der Waals surface area contributed by atoms with Crippen LogP contribution in [0.1, 0.15) is 27.5 Å². The van der Waals surface area contributed by atoms with E-state index in [9.17, 15) is 14.4 Å². The number of aromatic nitrogens is 5. The van der Waals surface area contributed by atoms with Crippen molar-refractivity contribution < 1.29 is 9.59 Å². The van der Waals surface area contributed by atoms with E-state index in [0.29, 0.717) is 39.8 Å². The number of amides is 2. The van der Waals surface area contributed by atoms with Crippen LogP contribution in [-0.4, -0.2) is 36.4 Å². The Morgan fingerprint density at radius 1 is 1.00 bits per heavy atom. The van der Waals surface area contributed by atoms with Crippen molar-refractivity contribution in [2.45, 2.75) is 19.0 Å². The zero-order valence-corrected chi connectivity index (χ0v) is 22.8. The fraction of sp³-hybridized carbons (Fsp3) is 0.103. The number of fused-ring (bicyclic) bond motifs is 1. The molecule has 1 aliphatic rings. The van der Waals surface area contributed by atoms with Crippen molar-refractivity contribution in [3.63, 3.8) is 0 Å². The van der Waals surface area contributed by atoms with Crippen molar-refractivity contribution >= 4 is 40.7 Å². The summed E-state index contributed by atoms with van der Waals surface area (Å²) in [7, 11) is 0. The molecule has 2 aromatic heterocycles. The number of carbonyl (C=O) groups is 2. The van der Waals surface area contributed by atoms with Crippen LogP contribution in [0.3, 0.4) is 0 Å². The summed E-state index contributed by atoms with van der Waals surface area (Å²) in [5, 5.41) is 14.1. The van der Waals surface area contributed by atoms with E-state index in [2.05, 4.69) is 25.9 Å². The second-order valence-corrected chi connectivity index (χ2v) is 10.2. The molecule has 3 heterocycles. The van der Waals surface area contributed by atoms with E-state index >= 15 is 0 Å². The quantitative estimate of drug-likeness (QED) is 0.290. The molecule has 0 saturated heterocycles. The molecule has 5 aromatic rings. The summed E-state index contributed by atoms with van der Waals surface area (Å²) in [6, 6.07) is 20.0. The van der Waals surface area contributed by atoms with Crippen molar-refractivity contribution in [3.05, 3.63) is 123 Å². The molecule has 0 radical (unpaired) electrons. The van der Waals surface area contributed by atoms with E-state index in [0.717, 1.165) is 11.1 Å². The smallest absolute Gasteiger partial charge is 0.254 e. The predicted octanol–water partition coefficient (Wildman–Crippen LogP) is 4.46. The van der Waals surface area contributed by atoms with Crippen molar-refractivity contribution in [1.82, 2.24) is 29.9 Å². The Kier molecular flexibility index (Phi) is 7.08. The molecule has 204 valence electrons. The number of hydrogen-bond donors (Lipinski definition) is 2. The van der Waals surface area contributed by atoms with Crippen LogP contribution < -0.4 is 16.2 Å². The molecular formula is C29H21Cl2N7O3. The van der Waals surface area contributed by atoms with Gasteiger partial charge in [0.1, 0.15) is 6.04 Å². The number of nitrogens with one attached hydrogen (secondary N) is 2. The molecule has 0 spiro atoms. The van der Waals surface area contributed by atoms with Gasteiger partial charge in [0.15, 0.2) is 5.15 Å². The van der Waals surface area contributed by atoms with Crippen LogP contribution in [0.15, 0.2) is 90.1 Å². The maximum absolute atomic E-state index is 13.6. The highest BCUT2D eigenvalue weighted by atomic mass is 35.5. The summed E-state index contributed by atoms with van der Waals surface area (Å²) in [4.78, 5) is 43.8. The average Bonchev–Trinajstić information content (AvgIpc) is 3.57. The Bertz CT molecular complexity index is 1850. The topological polar surface area (TPSA) is 124 Å². The van der Waals surface area contributed by atoms with Gasteiger partial charge in [-0.05, 0) is 41.5 Å². The highest BCUT2D eigenvalue weighted by Gasteiger charge is 2.25. The van der Waals surface area contributed by atoms with Gasteiger partial charge in [0.25, 0.3) is 11.5 Å². The first-order valence-electron chi connectivity index (χ1n) is 12.6. The Labute approximate surface area is 243 Å². The number of anilines is 1. The second-order valence-electron chi connectivity index (χ2n) is 9.42. The molecule has 0 saturated carbocycles. The van der Waals surface area contributed by atoms with Crippen LogP contribution in [0.5, 0.6) is 0 Å². The molecule has 0 fully saturated rings. The maximum Gasteiger partial charge on any atom is 0.254 e. The minimum absolute atomic E-state index is 0.193. The van der Waals surface area contributed by atoms with E-state index in [1.807, 2.05) is 30.3 Å². The standard InChI is InChI=1S/C29H21Cl2N7O3/c30-19-7-9-24(38-15-26(31)35-36-38)22(11-19)23-13-27(39)37(16-33-23)25(10-17-4-2-1-3-5-17)29(41)34-20-8-6-18-14-32-28(40)21(18)12-20/h1-9,11-13,15-16,25H,10,14H2,(H,32,40)(H,34,41)/t25-/m0/s1. The third kappa shape index (κ3) is 5.47. The van der Waals surface area contributed by atoms with E-state index in [-0.39, 0.29) is 17.5 Å². The Morgan fingerprint density at radius 2 is 1.83 bits per heavy atom. The summed E-state index contributed by atoms with van der Waals surface area (Å²) in [6.45, 7) is 0.449. The summed E-state index contributed by atoms with van der Waals surface area (Å²) in [6.07, 6.45) is 3.11. The lowest BCUT2D eigenvalue weighted by molar-refractivity contribution is -0.119. The molecule has 12 heteroatoms. The Morgan fingerprint density at radius 3 is 2.59 bits per heavy atom. The van der Waals surface area contributed by atoms with Gasteiger partial charge in [-0.1, -0.05) is 64.8 Å². The largest absolute Gasteiger partial charge is 0.348 e. The highest BCUT2D eigenvalue weighted by molar-refractivity contribution is 6.31. The third-order valence-electron chi connectivity index (χ3n) is 6.75. The fourth-order valence-electron chi connectivity index (χ4n) is 4.74. The Balaban J connectivity index is 1.36. The molecule has 6 rings (SSSR count). The minimum Gasteiger partial charge on any atom is -0.348 e. The van der Waals surface area contributed by atoms with Gasteiger partial charge in [-0.3, -0.25) is 19.0 Å². The first-order valence-corrected chi connectivity index (χ1v) is 13.3. The van der Waals surface area contributed by atoms with Gasteiger partial charge in [-0.25, -0.2) is 9.67 Å². The number of hydrogen-bond acceptors (Lipinski definition) is 6. The van der Waals surface area contributed by atoms with Crippen LogP contribution in [0.25, 0.3) is 16.9 Å². The highest BCUT2D eigenvalue weighted by Crippen LogP contribution is 2.28. The van der Waals surface area contributed by atoms with Gasteiger partial charge in [0.05, 0.1) is 23.9 Å². The van der Waals surface area contributed by atoms with Gasteiger partial charge >= 0.3 is 0 Å². The van der Waals surface area contributed by atoms with Gasteiger partial charge in [-0.15, -0.1) is 5.10 Å². The van der Waals surface area contributed by atoms with E-state index in [1.165, 1.54) is 27.8 Å². The molecule has 3 aromatic carbocycles. The van der Waals surface area contributed by atoms with E-state index < -0.39 is 17.5 Å². The van der Waals surface area contributed by atoms with Crippen molar-refractivity contribution in [2.75, 3.05) is 5.32 Å². The molecule has 2 amide bonds. The average molecular weight is 586 g/mol. The van der Waals surface area contributed by atoms with Gasteiger partial charge in [0, 0.05) is 40.9 Å². The lowest BCUT2D eigenvalue weighted by atomic mass is 10.0. The lowest BCUT2D eigenvalue weighted by Crippen LogP contribution is -2.34. The molecule has 2 N–H and O–H groups in total. The number of nitrogens with zero attached hydrogens (tertiary/aromatic N) is 5. The predicted molar refractivity (Wildman–Crippen MR) is 154 cm³/mol. The first kappa shape index (κ1) is 26.4. The molecule has 0 bridgehead atoms. The summed E-state index contributed by atoms with van der Waals surface area (Å²) < 4.78 is 2.76. The molecule has 41 heavy (non-hydrogen) atoms. The first-order chi connectivity index (χ1) is 19.9. The number of halogens is 2. The van der Waals surface area contributed by atoms with Crippen LogP contribution in [-0.2, 0) is 17.8 Å². The van der Waals surface area contributed by atoms with Crippen molar-refractivity contribution in [3.8, 4) is 16.9 Å². The van der Waals surface area contributed by atoms with Gasteiger partial charge < -0.3 is 10.6 Å². The monoisotopic (exact) mass is 585 g/mol. The third-order valence-corrected chi connectivity index (χ3v) is 7.16. The van der Waals surface area contributed by atoms with E-state index in [1.54, 1.807) is 36.4 Å². The van der Waals surface area contributed by atoms with Gasteiger partial charge in [0.2, 0.25) is 5.91 Å². The van der Waals surface area contributed by atoms with Crippen LogP contribution >= 0.6 is 23.2 Å². The minimum atomic E-state index is -0.929. The molecule has 1 aliphatic heterocycles. The number of benzene rings is 3. The van der Waals surface area contributed by atoms with Crippen molar-refractivity contribution in [2.24, 2.45) is 0 Å². The van der Waals surface area contributed by atoms with Crippen LogP contribution in [0.4, 0.5) is 5.69 Å². The summed E-state index contributed by atoms with van der Waals surface area (Å²) in [5.74, 6) is -0.619. The SMILES string of the molecule is O=C1NCc2ccc(NC(=O)[C@H](Cc3ccccc3)n3cnc(-c4cc(Cl)ccc4-n4cc(Cl)nn4)cc3=O)cc21. The summed E-state index contributed by atoms with van der Waals surface area (Å²) >= 11 is 12.2. The van der Waals surface area contributed by atoms with E-state index in [4.69, 9.17) is 23.2 Å². The molecule has 0 unspecified atom stereocenters. The second kappa shape index (κ2) is 11.0. The maximum atomic E-state index is 13.6. The van der Waals surface area contributed by atoms with Gasteiger partial charge in [-0.2, -0.15) is 0 Å². The normalized spacial score (nSPS) is 13.0. The van der Waals surface area contributed by atoms with Crippen LogP contribution in [0.2, 0.25) is 10.2 Å². The van der Waals surface area contributed by atoms with Crippen molar-refractivity contribution in [1.29, 1.82) is 0 Å². The fourth-order valence-corrected chi connectivity index (χ4v) is 5.03. The summed E-state index contributed by atoms with van der Waals surface area (Å²) in [5.41, 5.74) is 3.67. The lowest BCUT2D eigenvalue weighted by Gasteiger charge is -2.20.